The number of rotatable bonds is 3. The lowest BCUT2D eigenvalue weighted by Gasteiger charge is -2.20. The van der Waals surface area contributed by atoms with Crippen molar-refractivity contribution in [1.82, 2.24) is 0 Å². The number of nitrogens with zero attached hydrogens (tertiary/aromatic N) is 1. The van der Waals surface area contributed by atoms with Crippen molar-refractivity contribution < 1.29 is 4.74 Å². The molecule has 0 aliphatic heterocycles. The van der Waals surface area contributed by atoms with Crippen molar-refractivity contribution >= 4 is 15.9 Å². The topological polar surface area (TPSA) is 59.0 Å². The van der Waals surface area contributed by atoms with Crippen LogP contribution in [-0.4, -0.2) is 12.6 Å². The lowest BCUT2D eigenvalue weighted by Crippen LogP contribution is -2.27. The van der Waals surface area contributed by atoms with E-state index in [1.807, 2.05) is 12.1 Å². The van der Waals surface area contributed by atoms with Crippen molar-refractivity contribution in [3.63, 3.8) is 0 Å². The van der Waals surface area contributed by atoms with Crippen LogP contribution in [0.2, 0.25) is 0 Å². The number of ether oxygens (including phenoxy) is 1. The molecule has 2 unspecified atom stereocenters. The van der Waals surface area contributed by atoms with Gasteiger partial charge in [-0.2, -0.15) is 5.26 Å². The Hall–Kier alpha value is -1.05. The van der Waals surface area contributed by atoms with Crippen molar-refractivity contribution in [1.29, 1.82) is 5.26 Å². The largest absolute Gasteiger partial charge is 0.490 e. The number of benzene rings is 1. The molecule has 0 radical (unpaired) electrons. The molecule has 1 aromatic carbocycles. The van der Waals surface area contributed by atoms with Gasteiger partial charge in [-0.15, -0.1) is 0 Å². The van der Waals surface area contributed by atoms with E-state index in [2.05, 4.69) is 22.0 Å². The lowest BCUT2D eigenvalue weighted by atomic mass is 10.1. The van der Waals surface area contributed by atoms with Gasteiger partial charge in [-0.3, -0.25) is 0 Å². The highest BCUT2D eigenvalue weighted by Crippen LogP contribution is 2.30. The van der Waals surface area contributed by atoms with E-state index in [1.54, 1.807) is 6.07 Å². The molecule has 0 amide bonds. The Bertz CT molecular complexity index is 442. The van der Waals surface area contributed by atoms with Crippen LogP contribution in [0.15, 0.2) is 22.7 Å². The smallest absolute Gasteiger partial charge is 0.120 e. The summed E-state index contributed by atoms with van der Waals surface area (Å²) in [6, 6.07) is 7.58. The molecule has 4 heteroatoms. The molecular weight excluding hydrogens is 280 g/mol. The van der Waals surface area contributed by atoms with E-state index in [0.29, 0.717) is 18.0 Å². The molecule has 1 aliphatic rings. The van der Waals surface area contributed by atoms with Crippen molar-refractivity contribution in [3.05, 3.63) is 28.2 Å². The summed E-state index contributed by atoms with van der Waals surface area (Å²) in [4.78, 5) is 0. The number of hydrogen-bond acceptors (Lipinski definition) is 3. The molecule has 17 heavy (non-hydrogen) atoms. The molecule has 1 aliphatic carbocycles. The van der Waals surface area contributed by atoms with Crippen molar-refractivity contribution in [3.8, 4) is 11.8 Å². The Labute approximate surface area is 110 Å². The highest BCUT2D eigenvalue weighted by atomic mass is 79.9. The molecule has 0 heterocycles. The summed E-state index contributed by atoms with van der Waals surface area (Å²) in [5.74, 6) is 1.27. The number of hydrogen-bond donors (Lipinski definition) is 1. The van der Waals surface area contributed by atoms with Crippen molar-refractivity contribution in [2.24, 2.45) is 11.7 Å². The summed E-state index contributed by atoms with van der Waals surface area (Å²) in [5.41, 5.74) is 6.35. The van der Waals surface area contributed by atoms with Crippen LogP contribution in [0.25, 0.3) is 0 Å². The van der Waals surface area contributed by atoms with Gasteiger partial charge in [0.25, 0.3) is 0 Å². The summed E-state index contributed by atoms with van der Waals surface area (Å²) < 4.78 is 6.72. The Morgan fingerprint density at radius 1 is 1.47 bits per heavy atom. The van der Waals surface area contributed by atoms with Crippen LogP contribution in [0.5, 0.6) is 5.75 Å². The van der Waals surface area contributed by atoms with E-state index >= 15 is 0 Å². The quantitative estimate of drug-likeness (QED) is 0.932. The lowest BCUT2D eigenvalue weighted by molar-refractivity contribution is 0.162. The summed E-state index contributed by atoms with van der Waals surface area (Å²) in [6.45, 7) is 0.683. The maximum atomic E-state index is 8.84. The van der Waals surface area contributed by atoms with Crippen LogP contribution in [-0.2, 0) is 0 Å². The number of nitrogens with two attached hydrogens (primary N) is 1. The van der Waals surface area contributed by atoms with Gasteiger partial charge in [0.05, 0.1) is 5.56 Å². The Morgan fingerprint density at radius 3 is 2.94 bits per heavy atom. The third kappa shape index (κ3) is 2.80. The third-order valence-corrected chi connectivity index (χ3v) is 3.90. The molecule has 1 saturated carbocycles. The van der Waals surface area contributed by atoms with Crippen molar-refractivity contribution in [2.75, 3.05) is 6.54 Å². The van der Waals surface area contributed by atoms with Gasteiger partial charge in [0.15, 0.2) is 0 Å². The second kappa shape index (κ2) is 5.52. The second-order valence-corrected chi connectivity index (χ2v) is 5.19. The Balaban J connectivity index is 2.09. The highest BCUT2D eigenvalue weighted by Gasteiger charge is 2.27. The van der Waals surface area contributed by atoms with Crippen LogP contribution in [0.4, 0.5) is 0 Å². The fourth-order valence-corrected chi connectivity index (χ4v) is 2.71. The van der Waals surface area contributed by atoms with E-state index in [1.165, 1.54) is 6.42 Å². The molecule has 2 rings (SSSR count). The first-order valence-corrected chi connectivity index (χ1v) is 6.60. The summed E-state index contributed by atoms with van der Waals surface area (Å²) >= 11 is 3.36. The molecule has 1 fully saturated rings. The molecule has 0 saturated heterocycles. The summed E-state index contributed by atoms with van der Waals surface area (Å²) in [5, 5.41) is 8.84. The maximum absolute atomic E-state index is 8.84. The fraction of sp³-hybridized carbons (Fsp3) is 0.462. The zero-order valence-electron chi connectivity index (χ0n) is 9.53. The average Bonchev–Trinajstić information content (AvgIpc) is 2.76. The third-order valence-electron chi connectivity index (χ3n) is 3.24. The fourth-order valence-electron chi connectivity index (χ4n) is 2.26. The van der Waals surface area contributed by atoms with E-state index in [9.17, 15) is 0 Å². The van der Waals surface area contributed by atoms with E-state index in [0.717, 1.165) is 23.1 Å². The molecule has 2 atom stereocenters. The van der Waals surface area contributed by atoms with Gasteiger partial charge >= 0.3 is 0 Å². The van der Waals surface area contributed by atoms with Gasteiger partial charge in [0.2, 0.25) is 0 Å². The van der Waals surface area contributed by atoms with Gasteiger partial charge in [0.1, 0.15) is 17.9 Å². The first-order chi connectivity index (χ1) is 8.24. The predicted molar refractivity (Wildman–Crippen MR) is 69.7 cm³/mol. The van der Waals surface area contributed by atoms with Crippen molar-refractivity contribution in [2.45, 2.75) is 25.4 Å². The van der Waals surface area contributed by atoms with Crippen LogP contribution in [0.3, 0.4) is 0 Å². The summed E-state index contributed by atoms with van der Waals surface area (Å²) in [7, 11) is 0. The predicted octanol–water partition coefficient (Wildman–Crippen LogP) is 2.83. The highest BCUT2D eigenvalue weighted by molar-refractivity contribution is 9.10. The molecule has 3 nitrogen and oxygen atoms in total. The average molecular weight is 295 g/mol. The Morgan fingerprint density at radius 2 is 2.29 bits per heavy atom. The zero-order valence-corrected chi connectivity index (χ0v) is 11.1. The summed E-state index contributed by atoms with van der Waals surface area (Å²) in [6.07, 6.45) is 3.63. The minimum atomic E-state index is 0.222. The second-order valence-electron chi connectivity index (χ2n) is 4.34. The van der Waals surface area contributed by atoms with Crippen LogP contribution >= 0.6 is 15.9 Å². The molecule has 0 spiro atoms. The Kier molecular flexibility index (Phi) is 4.03. The SMILES string of the molecule is N#Cc1ccc(OC2CCCC2CN)cc1Br. The van der Waals surface area contributed by atoms with Crippen LogP contribution < -0.4 is 10.5 Å². The number of nitriles is 1. The van der Waals surface area contributed by atoms with Crippen LogP contribution in [0, 0.1) is 17.2 Å². The first kappa shape index (κ1) is 12.4. The van der Waals surface area contributed by atoms with E-state index in [4.69, 9.17) is 15.7 Å². The monoisotopic (exact) mass is 294 g/mol. The molecule has 0 aromatic heterocycles. The molecule has 90 valence electrons. The van der Waals surface area contributed by atoms with Gasteiger partial charge in [-0.25, -0.2) is 0 Å². The minimum Gasteiger partial charge on any atom is -0.490 e. The van der Waals surface area contributed by atoms with Gasteiger partial charge < -0.3 is 10.5 Å². The van der Waals surface area contributed by atoms with Gasteiger partial charge in [0, 0.05) is 10.4 Å². The molecule has 1 aromatic rings. The first-order valence-electron chi connectivity index (χ1n) is 5.81. The maximum Gasteiger partial charge on any atom is 0.120 e. The minimum absolute atomic E-state index is 0.222. The van der Waals surface area contributed by atoms with E-state index < -0.39 is 0 Å². The standard InChI is InChI=1S/C13H15BrN2O/c14-12-6-11(5-4-9(12)7-15)17-13-3-1-2-10(13)8-16/h4-6,10,13H,1-3,8,16H2. The van der Waals surface area contributed by atoms with Gasteiger partial charge in [-0.05, 0) is 59.9 Å². The van der Waals surface area contributed by atoms with Gasteiger partial charge in [-0.1, -0.05) is 0 Å². The molecule has 0 bridgehead atoms. The van der Waals surface area contributed by atoms with Crippen LogP contribution in [0.1, 0.15) is 24.8 Å². The molecule has 2 N–H and O–H groups in total. The van der Waals surface area contributed by atoms with E-state index in [-0.39, 0.29) is 6.10 Å². The normalized spacial score (nSPS) is 23.4. The zero-order chi connectivity index (χ0) is 12.3. The number of halogens is 1. The molecular formula is C13H15BrN2O.